The standard InChI is InChI=1S/C34H71N2O6P/c1-6-8-10-11-12-13-14-15-16-17-18-19-20-21-22-23-24-26-28-34(38)35-32(33(37)27-25-9-7-2)31-42-43(39,40)41-30-29-36(3,4)5/h32-33,37H,6-31H2,1-5H3,(H-,35,38,39,40). The van der Waals surface area contributed by atoms with Crippen LogP contribution in [0.4, 0.5) is 0 Å². The topological polar surface area (TPSA) is 108 Å². The van der Waals surface area contributed by atoms with Gasteiger partial charge in [-0.25, -0.2) is 0 Å². The monoisotopic (exact) mass is 635 g/mol. The van der Waals surface area contributed by atoms with Gasteiger partial charge in [0.2, 0.25) is 5.91 Å². The van der Waals surface area contributed by atoms with Crippen molar-refractivity contribution in [1.29, 1.82) is 0 Å². The molecule has 0 heterocycles. The highest BCUT2D eigenvalue weighted by Crippen LogP contribution is 2.38. The Hall–Kier alpha value is -0.500. The molecule has 0 radical (unpaired) electrons. The number of nitrogens with zero attached hydrogens (tertiary/aromatic N) is 1. The van der Waals surface area contributed by atoms with E-state index in [0.717, 1.165) is 38.5 Å². The molecule has 0 saturated carbocycles. The third-order valence-electron chi connectivity index (χ3n) is 8.10. The number of rotatable bonds is 32. The third-order valence-corrected chi connectivity index (χ3v) is 9.06. The normalized spacial score (nSPS) is 14.9. The average Bonchev–Trinajstić information content (AvgIpc) is 2.93. The number of carbonyl (C=O) groups is 1. The minimum Gasteiger partial charge on any atom is -0.756 e. The summed E-state index contributed by atoms with van der Waals surface area (Å²) in [6, 6.07) is -0.788. The molecular weight excluding hydrogens is 563 g/mol. The van der Waals surface area contributed by atoms with E-state index in [9.17, 15) is 19.4 Å². The number of hydrogen-bond acceptors (Lipinski definition) is 6. The number of hydrogen-bond donors (Lipinski definition) is 2. The maximum atomic E-state index is 12.6. The zero-order valence-corrected chi connectivity index (χ0v) is 29.8. The van der Waals surface area contributed by atoms with E-state index in [0.29, 0.717) is 23.9 Å². The number of quaternary nitrogens is 1. The molecule has 0 saturated heterocycles. The first-order chi connectivity index (χ1) is 20.5. The molecule has 9 heteroatoms. The van der Waals surface area contributed by atoms with Crippen LogP contribution >= 0.6 is 7.82 Å². The van der Waals surface area contributed by atoms with Gasteiger partial charge < -0.3 is 28.8 Å². The van der Waals surface area contributed by atoms with Gasteiger partial charge in [-0.05, 0) is 12.8 Å². The number of aliphatic hydroxyl groups is 1. The molecule has 0 aliphatic carbocycles. The quantitative estimate of drug-likeness (QED) is 0.0440. The van der Waals surface area contributed by atoms with Crippen molar-refractivity contribution in [3.05, 3.63) is 0 Å². The lowest BCUT2D eigenvalue weighted by molar-refractivity contribution is -0.870. The number of aliphatic hydroxyl groups excluding tert-OH is 1. The van der Waals surface area contributed by atoms with Crippen molar-refractivity contribution in [2.75, 3.05) is 40.9 Å². The molecule has 0 aromatic rings. The van der Waals surface area contributed by atoms with E-state index in [2.05, 4.69) is 19.2 Å². The summed E-state index contributed by atoms with van der Waals surface area (Å²) in [5.74, 6) is -0.175. The predicted molar refractivity (Wildman–Crippen MR) is 178 cm³/mol. The molecular formula is C34H71N2O6P. The summed E-state index contributed by atoms with van der Waals surface area (Å²) in [7, 11) is 1.30. The number of phosphoric ester groups is 1. The molecule has 8 nitrogen and oxygen atoms in total. The van der Waals surface area contributed by atoms with Gasteiger partial charge in [0.25, 0.3) is 7.82 Å². The maximum Gasteiger partial charge on any atom is 0.268 e. The van der Waals surface area contributed by atoms with Gasteiger partial charge in [0.1, 0.15) is 13.2 Å². The first-order valence-corrected chi connectivity index (χ1v) is 19.3. The molecule has 2 N–H and O–H groups in total. The summed E-state index contributed by atoms with van der Waals surface area (Å²) in [5, 5.41) is 13.5. The molecule has 0 aliphatic rings. The molecule has 3 atom stereocenters. The highest BCUT2D eigenvalue weighted by molar-refractivity contribution is 7.45. The van der Waals surface area contributed by atoms with Gasteiger partial charge in [-0.15, -0.1) is 0 Å². The van der Waals surface area contributed by atoms with E-state index in [1.807, 2.05) is 21.1 Å². The highest BCUT2D eigenvalue weighted by Gasteiger charge is 2.24. The van der Waals surface area contributed by atoms with Gasteiger partial charge in [-0.3, -0.25) is 9.36 Å². The minimum atomic E-state index is -4.53. The van der Waals surface area contributed by atoms with Gasteiger partial charge >= 0.3 is 0 Å². The van der Waals surface area contributed by atoms with Gasteiger partial charge in [-0.2, -0.15) is 0 Å². The Bertz CT molecular complexity index is 688. The summed E-state index contributed by atoms with van der Waals surface area (Å²) < 4.78 is 22.8. The molecule has 0 spiro atoms. The van der Waals surface area contributed by atoms with Crippen LogP contribution in [0.1, 0.15) is 162 Å². The molecule has 43 heavy (non-hydrogen) atoms. The predicted octanol–water partition coefficient (Wildman–Crippen LogP) is 8.05. The summed E-state index contributed by atoms with van der Waals surface area (Å²) in [6.45, 7) is 4.54. The van der Waals surface area contributed by atoms with Gasteiger partial charge in [0.15, 0.2) is 0 Å². The summed E-state index contributed by atoms with van der Waals surface area (Å²) >= 11 is 0. The zero-order valence-electron chi connectivity index (χ0n) is 28.9. The van der Waals surface area contributed by atoms with Crippen molar-refractivity contribution in [3.8, 4) is 0 Å². The fraction of sp³-hybridized carbons (Fsp3) is 0.971. The Kier molecular flexibility index (Phi) is 27.5. The Morgan fingerprint density at radius 3 is 1.58 bits per heavy atom. The van der Waals surface area contributed by atoms with E-state index < -0.39 is 20.0 Å². The van der Waals surface area contributed by atoms with E-state index in [1.54, 1.807) is 0 Å². The molecule has 258 valence electrons. The molecule has 0 aromatic carbocycles. The SMILES string of the molecule is CCCCCCCCCCCCCCCCCCCCC(=O)NC(COP(=O)([O-])OCC[N+](C)(C)C)C(O)CCCCC. The molecule has 1 amide bonds. The summed E-state index contributed by atoms with van der Waals surface area (Å²) in [5.41, 5.74) is 0. The van der Waals surface area contributed by atoms with Crippen LogP contribution in [0.25, 0.3) is 0 Å². The molecule has 0 rings (SSSR count). The van der Waals surface area contributed by atoms with Gasteiger partial charge in [-0.1, -0.05) is 142 Å². The van der Waals surface area contributed by atoms with Gasteiger partial charge in [0.05, 0.1) is 39.9 Å². The zero-order chi connectivity index (χ0) is 32.2. The van der Waals surface area contributed by atoms with Crippen LogP contribution in [0.5, 0.6) is 0 Å². The second-order valence-electron chi connectivity index (χ2n) is 13.6. The minimum absolute atomic E-state index is 0.0136. The van der Waals surface area contributed by atoms with Crippen LogP contribution in [0.3, 0.4) is 0 Å². The second kappa shape index (κ2) is 27.8. The van der Waals surface area contributed by atoms with Crippen molar-refractivity contribution in [2.24, 2.45) is 0 Å². The lowest BCUT2D eigenvalue weighted by Crippen LogP contribution is -2.46. The maximum absolute atomic E-state index is 12.6. The number of unbranched alkanes of at least 4 members (excludes halogenated alkanes) is 19. The fourth-order valence-electron chi connectivity index (χ4n) is 5.16. The number of phosphoric acid groups is 1. The molecule has 0 aromatic heterocycles. The van der Waals surface area contributed by atoms with E-state index >= 15 is 0 Å². The van der Waals surface area contributed by atoms with Crippen molar-refractivity contribution in [1.82, 2.24) is 5.32 Å². The van der Waals surface area contributed by atoms with E-state index in [1.165, 1.54) is 96.3 Å². The van der Waals surface area contributed by atoms with Crippen molar-refractivity contribution in [3.63, 3.8) is 0 Å². The second-order valence-corrected chi connectivity index (χ2v) is 15.0. The first kappa shape index (κ1) is 42.5. The molecule has 3 unspecified atom stereocenters. The lowest BCUT2D eigenvalue weighted by atomic mass is 10.0. The largest absolute Gasteiger partial charge is 0.756 e. The van der Waals surface area contributed by atoms with E-state index in [-0.39, 0.29) is 19.1 Å². The number of nitrogens with one attached hydrogen (secondary N) is 1. The Balaban J connectivity index is 4.05. The summed E-state index contributed by atoms with van der Waals surface area (Å²) in [4.78, 5) is 24.8. The van der Waals surface area contributed by atoms with Crippen molar-refractivity contribution < 1.29 is 32.9 Å². The van der Waals surface area contributed by atoms with Crippen molar-refractivity contribution in [2.45, 2.75) is 174 Å². The molecule has 0 aliphatic heterocycles. The fourth-order valence-corrected chi connectivity index (χ4v) is 5.88. The number of likely N-dealkylation sites (N-methyl/N-ethyl adjacent to an activating group) is 1. The van der Waals surface area contributed by atoms with Crippen LogP contribution in [0.15, 0.2) is 0 Å². The smallest absolute Gasteiger partial charge is 0.268 e. The Labute approximate surface area is 266 Å². The number of carbonyl (C=O) groups excluding carboxylic acids is 1. The van der Waals surface area contributed by atoms with Gasteiger partial charge in [0, 0.05) is 6.42 Å². The average molecular weight is 635 g/mol. The van der Waals surface area contributed by atoms with Crippen LogP contribution in [-0.2, 0) is 18.4 Å². The van der Waals surface area contributed by atoms with Crippen LogP contribution < -0.4 is 10.2 Å². The first-order valence-electron chi connectivity index (χ1n) is 17.9. The summed E-state index contributed by atoms with van der Waals surface area (Å²) in [6.07, 6.45) is 26.1. The number of amides is 1. The lowest BCUT2D eigenvalue weighted by Gasteiger charge is -2.30. The molecule has 0 bridgehead atoms. The van der Waals surface area contributed by atoms with Crippen molar-refractivity contribution >= 4 is 13.7 Å². The molecule has 0 fully saturated rings. The highest BCUT2D eigenvalue weighted by atomic mass is 31.2. The van der Waals surface area contributed by atoms with Crippen LogP contribution in [-0.4, -0.2) is 68.5 Å². The Morgan fingerprint density at radius 1 is 0.721 bits per heavy atom. The Morgan fingerprint density at radius 2 is 1.14 bits per heavy atom. The van der Waals surface area contributed by atoms with Crippen LogP contribution in [0.2, 0.25) is 0 Å². The van der Waals surface area contributed by atoms with Crippen LogP contribution in [0, 0.1) is 0 Å². The van der Waals surface area contributed by atoms with E-state index in [4.69, 9.17) is 9.05 Å². The third kappa shape index (κ3) is 29.9.